The average Bonchev–Trinajstić information content (AvgIpc) is 3.30. The van der Waals surface area contributed by atoms with Gasteiger partial charge in [-0.3, -0.25) is 4.90 Å². The average molecular weight is 289 g/mol. The molecule has 3 rings (SSSR count). The highest BCUT2D eigenvalue weighted by Gasteiger charge is 2.23. The Kier molecular flexibility index (Phi) is 4.78. The summed E-state index contributed by atoms with van der Waals surface area (Å²) in [6.45, 7) is 7.84. The number of hydrogen-bond donors (Lipinski definition) is 2. The Hall–Kier alpha value is -1.10. The number of piperazine rings is 1. The normalized spacial score (nSPS) is 21.5. The monoisotopic (exact) mass is 289 g/mol. The van der Waals surface area contributed by atoms with Crippen molar-refractivity contribution in [2.24, 2.45) is 0 Å². The van der Waals surface area contributed by atoms with Gasteiger partial charge in [-0.25, -0.2) is 0 Å². The van der Waals surface area contributed by atoms with Crippen LogP contribution >= 0.6 is 0 Å². The summed E-state index contributed by atoms with van der Waals surface area (Å²) in [5.74, 6) is 0. The van der Waals surface area contributed by atoms with Crippen LogP contribution in [0.15, 0.2) is 24.3 Å². The number of nitrogens with one attached hydrogen (secondary N) is 1. The number of aryl methyl sites for hydroxylation is 1. The summed E-state index contributed by atoms with van der Waals surface area (Å²) in [5, 5.41) is 13.5. The molecular weight excluding hydrogens is 262 g/mol. The maximum Gasteiger partial charge on any atom is 0.0791 e. The number of hydrogen-bond acceptors (Lipinski definition) is 4. The molecule has 4 heteroatoms. The van der Waals surface area contributed by atoms with E-state index in [0.29, 0.717) is 6.04 Å². The van der Waals surface area contributed by atoms with E-state index < -0.39 is 0 Å². The summed E-state index contributed by atoms with van der Waals surface area (Å²) in [6.07, 6.45) is 2.32. The third-order valence-electron chi connectivity index (χ3n) is 4.43. The molecule has 4 nitrogen and oxygen atoms in total. The molecule has 0 spiro atoms. The largest absolute Gasteiger partial charge is 0.390 e. The van der Waals surface area contributed by atoms with E-state index in [-0.39, 0.29) is 6.10 Å². The number of aliphatic hydroxyl groups excluding tert-OH is 1. The zero-order valence-electron chi connectivity index (χ0n) is 13.0. The number of aliphatic hydroxyl groups is 1. The Bertz CT molecular complexity index is 453. The van der Waals surface area contributed by atoms with Gasteiger partial charge >= 0.3 is 0 Å². The lowest BCUT2D eigenvalue weighted by molar-refractivity contribution is 0.107. The second-order valence-corrected chi connectivity index (χ2v) is 6.46. The summed E-state index contributed by atoms with van der Waals surface area (Å²) < 4.78 is 0. The number of rotatable bonds is 6. The first-order chi connectivity index (χ1) is 10.2. The minimum Gasteiger partial charge on any atom is -0.390 e. The smallest absolute Gasteiger partial charge is 0.0791 e. The Morgan fingerprint density at radius 3 is 2.67 bits per heavy atom. The Labute approximate surface area is 127 Å². The van der Waals surface area contributed by atoms with Crippen molar-refractivity contribution in [1.29, 1.82) is 0 Å². The molecule has 116 valence electrons. The van der Waals surface area contributed by atoms with Gasteiger partial charge in [-0.1, -0.05) is 12.1 Å². The molecule has 1 heterocycles. The lowest BCUT2D eigenvalue weighted by Crippen LogP contribution is -2.49. The first kappa shape index (κ1) is 14.8. The van der Waals surface area contributed by atoms with Crippen LogP contribution in [0.3, 0.4) is 0 Å². The lowest BCUT2D eigenvalue weighted by atomic mass is 10.2. The lowest BCUT2D eigenvalue weighted by Gasteiger charge is -2.37. The summed E-state index contributed by atoms with van der Waals surface area (Å²) in [5.41, 5.74) is 2.64. The molecule has 1 aliphatic heterocycles. The standard InChI is InChI=1S/C17H27N3O/c1-14-3-2-4-16(11-14)20-9-7-19(8-10-20)13-17(21)12-18-15-5-6-15/h2-4,11,15,17-18,21H,5-10,12-13H2,1H3. The second-order valence-electron chi connectivity index (χ2n) is 6.46. The second kappa shape index (κ2) is 6.77. The molecule has 1 unspecified atom stereocenters. The van der Waals surface area contributed by atoms with Gasteiger partial charge in [-0.2, -0.15) is 0 Å². The molecule has 0 bridgehead atoms. The van der Waals surface area contributed by atoms with Crippen molar-refractivity contribution in [3.8, 4) is 0 Å². The van der Waals surface area contributed by atoms with Crippen molar-refractivity contribution in [2.45, 2.75) is 31.9 Å². The first-order valence-corrected chi connectivity index (χ1v) is 8.16. The molecule has 1 aromatic carbocycles. The zero-order chi connectivity index (χ0) is 14.7. The first-order valence-electron chi connectivity index (χ1n) is 8.16. The van der Waals surface area contributed by atoms with Gasteiger partial charge in [0.15, 0.2) is 0 Å². The highest BCUT2D eigenvalue weighted by Crippen LogP contribution is 2.19. The predicted molar refractivity (Wildman–Crippen MR) is 86.9 cm³/mol. The van der Waals surface area contributed by atoms with Gasteiger partial charge in [-0.15, -0.1) is 0 Å². The fourth-order valence-electron chi connectivity index (χ4n) is 2.97. The van der Waals surface area contributed by atoms with Crippen LogP contribution in [0.4, 0.5) is 5.69 Å². The number of benzene rings is 1. The number of anilines is 1. The van der Waals surface area contributed by atoms with E-state index in [1.54, 1.807) is 0 Å². The number of β-amino-alcohol motifs (C(OH)–C–C–N with tert-alkyl or cyclic N) is 1. The molecular formula is C17H27N3O. The van der Waals surface area contributed by atoms with Crippen molar-refractivity contribution >= 4 is 5.69 Å². The summed E-state index contributed by atoms with van der Waals surface area (Å²) >= 11 is 0. The van der Waals surface area contributed by atoms with Gasteiger partial charge in [0.2, 0.25) is 0 Å². The number of nitrogens with zero attached hydrogens (tertiary/aromatic N) is 2. The quantitative estimate of drug-likeness (QED) is 0.826. The van der Waals surface area contributed by atoms with Crippen LogP contribution in [0.2, 0.25) is 0 Å². The molecule has 1 saturated heterocycles. The van der Waals surface area contributed by atoms with Gasteiger partial charge in [0.25, 0.3) is 0 Å². The van der Waals surface area contributed by atoms with Gasteiger partial charge in [-0.05, 0) is 37.5 Å². The van der Waals surface area contributed by atoms with Crippen LogP contribution in [0.5, 0.6) is 0 Å². The van der Waals surface area contributed by atoms with Crippen LogP contribution in [0.1, 0.15) is 18.4 Å². The van der Waals surface area contributed by atoms with E-state index in [1.165, 1.54) is 24.1 Å². The van der Waals surface area contributed by atoms with Crippen LogP contribution < -0.4 is 10.2 Å². The van der Waals surface area contributed by atoms with Crippen molar-refractivity contribution < 1.29 is 5.11 Å². The SMILES string of the molecule is Cc1cccc(N2CCN(CC(O)CNC3CC3)CC2)c1. The minimum absolute atomic E-state index is 0.240. The van der Waals surface area contributed by atoms with Crippen LogP contribution in [0, 0.1) is 6.92 Å². The summed E-state index contributed by atoms with van der Waals surface area (Å²) in [7, 11) is 0. The molecule has 1 saturated carbocycles. The molecule has 1 atom stereocenters. The van der Waals surface area contributed by atoms with Gasteiger partial charge in [0.05, 0.1) is 6.10 Å². The van der Waals surface area contributed by atoms with Crippen molar-refractivity contribution in [3.05, 3.63) is 29.8 Å². The Morgan fingerprint density at radius 1 is 1.24 bits per heavy atom. The third-order valence-corrected chi connectivity index (χ3v) is 4.43. The molecule has 0 aromatic heterocycles. The minimum atomic E-state index is -0.240. The van der Waals surface area contributed by atoms with Crippen LogP contribution in [-0.4, -0.2) is 61.4 Å². The maximum atomic E-state index is 10.1. The zero-order valence-corrected chi connectivity index (χ0v) is 13.0. The van der Waals surface area contributed by atoms with Crippen molar-refractivity contribution in [3.63, 3.8) is 0 Å². The summed E-state index contributed by atoms with van der Waals surface area (Å²) in [4.78, 5) is 4.82. The predicted octanol–water partition coefficient (Wildman–Crippen LogP) is 1.23. The van der Waals surface area contributed by atoms with Gasteiger partial charge < -0.3 is 15.3 Å². The van der Waals surface area contributed by atoms with E-state index in [4.69, 9.17) is 0 Å². The molecule has 1 aromatic rings. The van der Waals surface area contributed by atoms with E-state index in [2.05, 4.69) is 46.3 Å². The van der Waals surface area contributed by atoms with E-state index in [0.717, 1.165) is 39.3 Å². The third kappa shape index (κ3) is 4.43. The summed E-state index contributed by atoms with van der Waals surface area (Å²) in [6, 6.07) is 9.40. The fourth-order valence-corrected chi connectivity index (χ4v) is 2.97. The molecule has 1 aliphatic carbocycles. The topological polar surface area (TPSA) is 38.7 Å². The van der Waals surface area contributed by atoms with Crippen molar-refractivity contribution in [1.82, 2.24) is 10.2 Å². The van der Waals surface area contributed by atoms with Crippen molar-refractivity contribution in [2.75, 3.05) is 44.2 Å². The van der Waals surface area contributed by atoms with Crippen LogP contribution in [-0.2, 0) is 0 Å². The maximum absolute atomic E-state index is 10.1. The van der Waals surface area contributed by atoms with Crippen LogP contribution in [0.25, 0.3) is 0 Å². The Balaban J connectivity index is 1.41. The Morgan fingerprint density at radius 2 is 2.00 bits per heavy atom. The molecule has 2 N–H and O–H groups in total. The van der Waals surface area contributed by atoms with Gasteiger partial charge in [0, 0.05) is 51.0 Å². The molecule has 2 fully saturated rings. The van der Waals surface area contributed by atoms with Gasteiger partial charge in [0.1, 0.15) is 0 Å². The molecule has 2 aliphatic rings. The van der Waals surface area contributed by atoms with E-state index >= 15 is 0 Å². The molecule has 0 amide bonds. The fraction of sp³-hybridized carbons (Fsp3) is 0.647. The van der Waals surface area contributed by atoms with E-state index in [1.807, 2.05) is 0 Å². The molecule has 21 heavy (non-hydrogen) atoms. The van der Waals surface area contributed by atoms with E-state index in [9.17, 15) is 5.11 Å². The highest BCUT2D eigenvalue weighted by atomic mass is 16.3. The molecule has 0 radical (unpaired) electrons. The highest BCUT2D eigenvalue weighted by molar-refractivity contribution is 5.48.